The van der Waals surface area contributed by atoms with Crippen LogP contribution in [0.3, 0.4) is 0 Å². The highest BCUT2D eigenvalue weighted by Crippen LogP contribution is 2.25. The predicted octanol–water partition coefficient (Wildman–Crippen LogP) is 10.5. The van der Waals surface area contributed by atoms with Crippen molar-refractivity contribution in [1.82, 2.24) is 14.7 Å². The fraction of sp³-hybridized carbons (Fsp3) is 0.905. The molecule has 0 saturated heterocycles. The molecule has 0 aromatic carbocycles. The summed E-state index contributed by atoms with van der Waals surface area (Å²) in [5.74, 6) is 3.31. The van der Waals surface area contributed by atoms with Crippen molar-refractivity contribution < 1.29 is 29.5 Å². The molecule has 0 aromatic heterocycles. The van der Waals surface area contributed by atoms with Gasteiger partial charge in [-0.05, 0) is 122 Å². The van der Waals surface area contributed by atoms with Crippen LogP contribution in [-0.2, 0) is 14.2 Å². The Kier molecular flexibility index (Phi) is 43.9. The van der Waals surface area contributed by atoms with E-state index in [2.05, 4.69) is 146 Å². The standard InChI is InChI=1S/C63H125N9O6/c1-20-63(45-76-42-60(73)39-70(27-21-64-54(14)33-48(2)3)28-22-65-55(15)34-49(4)5,46-77-43-61(74)40-71(29-23-66-56(16)35-50(6)7)30-24-67-57(17)36-51(8)9)47-78-44-62(75)41-72(31-25-68-58(18)37-52(10)11)32-26-69-59(19)38-53(12)13/h48-53,60-62,73-75H,20-47H2,1-19H3/b64-54+,65-55+,66-56+,67-57+,68-58+,69-59+. The molecule has 0 amide bonds. The van der Waals surface area contributed by atoms with Gasteiger partial charge in [0.2, 0.25) is 0 Å². The quantitative estimate of drug-likeness (QED) is 0.0502. The van der Waals surface area contributed by atoms with Crippen molar-refractivity contribution in [3.63, 3.8) is 0 Å². The summed E-state index contributed by atoms with van der Waals surface area (Å²) in [7, 11) is 0. The summed E-state index contributed by atoms with van der Waals surface area (Å²) in [6.45, 7) is 52.1. The van der Waals surface area contributed by atoms with E-state index in [-0.39, 0.29) is 39.6 Å². The minimum atomic E-state index is -0.738. The molecule has 0 fully saturated rings. The molecule has 0 aliphatic carbocycles. The summed E-state index contributed by atoms with van der Waals surface area (Å²) in [4.78, 5) is 35.9. The van der Waals surface area contributed by atoms with Crippen LogP contribution in [0.25, 0.3) is 0 Å². The van der Waals surface area contributed by atoms with Gasteiger partial charge in [0.25, 0.3) is 0 Å². The number of aliphatic imine (C=N–C) groups is 6. The van der Waals surface area contributed by atoms with E-state index in [1.54, 1.807) is 0 Å². The SMILES string of the molecule is CCC(COCC(O)CN(CC/N=C(\C)CC(C)C)CC/N=C(\C)CC(C)C)(COCC(O)CN(CC/N=C(\C)CC(C)C)CC/N=C(\C)CC(C)C)COCC(O)CN(CC/N=C(\C)CC(C)C)CC/N=C(\C)CC(C)C. The first-order chi connectivity index (χ1) is 36.7. The lowest BCUT2D eigenvalue weighted by Gasteiger charge is -2.34. The minimum Gasteiger partial charge on any atom is -0.389 e. The lowest BCUT2D eigenvalue weighted by atomic mass is 9.88. The summed E-state index contributed by atoms with van der Waals surface area (Å²) in [5.41, 5.74) is 6.30. The maximum Gasteiger partial charge on any atom is 0.0900 e. The van der Waals surface area contributed by atoms with Crippen LogP contribution in [0, 0.1) is 40.9 Å². The Labute approximate surface area is 480 Å². The smallest absolute Gasteiger partial charge is 0.0900 e. The molecule has 15 nitrogen and oxygen atoms in total. The first kappa shape index (κ1) is 75.7. The van der Waals surface area contributed by atoms with Crippen molar-refractivity contribution in [3.8, 4) is 0 Å². The number of hydrogen-bond donors (Lipinski definition) is 3. The highest BCUT2D eigenvalue weighted by molar-refractivity contribution is 5.84. The highest BCUT2D eigenvalue weighted by Gasteiger charge is 2.31. The second kappa shape index (κ2) is 45.2. The summed E-state index contributed by atoms with van der Waals surface area (Å²) in [6.07, 6.45) is 4.28. The van der Waals surface area contributed by atoms with Crippen LogP contribution in [0.5, 0.6) is 0 Å². The van der Waals surface area contributed by atoms with Crippen molar-refractivity contribution in [3.05, 3.63) is 0 Å². The lowest BCUT2D eigenvalue weighted by Crippen LogP contribution is -2.43. The minimum absolute atomic E-state index is 0.134. The molecule has 0 rings (SSSR count). The van der Waals surface area contributed by atoms with Gasteiger partial charge in [-0.25, -0.2) is 0 Å². The van der Waals surface area contributed by atoms with Gasteiger partial charge in [0, 0.05) is 98.6 Å². The fourth-order valence-corrected chi connectivity index (χ4v) is 9.83. The number of nitrogens with zero attached hydrogens (tertiary/aromatic N) is 9. The van der Waals surface area contributed by atoms with E-state index in [1.807, 2.05) is 0 Å². The number of aliphatic hydroxyl groups is 3. The number of ether oxygens (including phenoxy) is 3. The Morgan fingerprint density at radius 3 is 0.679 bits per heavy atom. The molecular formula is C63H125N9O6. The Morgan fingerprint density at radius 2 is 0.526 bits per heavy atom. The molecule has 0 saturated carbocycles. The van der Waals surface area contributed by atoms with Gasteiger partial charge in [-0.2, -0.15) is 0 Å². The zero-order valence-electron chi connectivity index (χ0n) is 54.1. The van der Waals surface area contributed by atoms with Crippen LogP contribution < -0.4 is 0 Å². The van der Waals surface area contributed by atoms with Crippen LogP contribution >= 0.6 is 0 Å². The van der Waals surface area contributed by atoms with Gasteiger partial charge in [-0.1, -0.05) is 90.0 Å². The largest absolute Gasteiger partial charge is 0.389 e. The molecule has 0 aliphatic rings. The van der Waals surface area contributed by atoms with Crippen molar-refractivity contribution in [2.75, 3.05) is 138 Å². The third-order valence-corrected chi connectivity index (χ3v) is 13.3. The maximum atomic E-state index is 11.5. The maximum absolute atomic E-state index is 11.5. The molecule has 0 aromatic rings. The molecule has 458 valence electrons. The molecule has 15 heteroatoms. The molecule has 3 N–H and O–H groups in total. The third-order valence-electron chi connectivity index (χ3n) is 13.3. The summed E-state index contributed by atoms with van der Waals surface area (Å²) in [6, 6.07) is 0. The average molecular weight is 1100 g/mol. The van der Waals surface area contributed by atoms with Crippen LogP contribution in [0.4, 0.5) is 0 Å². The second-order valence-electron chi connectivity index (χ2n) is 25.6. The zero-order chi connectivity index (χ0) is 59.1. The van der Waals surface area contributed by atoms with Crippen LogP contribution in [0.2, 0.25) is 0 Å². The Balaban J connectivity index is 6.41. The predicted molar refractivity (Wildman–Crippen MR) is 337 cm³/mol. The van der Waals surface area contributed by atoms with Gasteiger partial charge < -0.3 is 29.5 Å². The highest BCUT2D eigenvalue weighted by atomic mass is 16.5. The normalized spacial score (nSPS) is 16.0. The number of rotatable bonds is 49. The lowest BCUT2D eigenvalue weighted by molar-refractivity contribution is -0.104. The summed E-state index contributed by atoms with van der Waals surface area (Å²) < 4.78 is 19.3. The Bertz CT molecular complexity index is 1420. The van der Waals surface area contributed by atoms with E-state index in [0.717, 1.165) is 112 Å². The molecule has 0 radical (unpaired) electrons. The van der Waals surface area contributed by atoms with E-state index < -0.39 is 23.7 Å². The van der Waals surface area contributed by atoms with E-state index in [4.69, 9.17) is 44.2 Å². The number of aliphatic hydroxyl groups excluding tert-OH is 3. The monoisotopic (exact) mass is 1100 g/mol. The Hall–Kier alpha value is -2.34. The summed E-state index contributed by atoms with van der Waals surface area (Å²) >= 11 is 0. The molecule has 3 atom stereocenters. The van der Waals surface area contributed by atoms with Crippen LogP contribution in [0.1, 0.15) is 176 Å². The van der Waals surface area contributed by atoms with Crippen LogP contribution in [-0.4, -0.2) is 220 Å². The molecule has 0 heterocycles. The van der Waals surface area contributed by atoms with Gasteiger partial charge in [0.15, 0.2) is 0 Å². The first-order valence-electron chi connectivity index (χ1n) is 30.7. The number of hydrogen-bond acceptors (Lipinski definition) is 15. The second-order valence-corrected chi connectivity index (χ2v) is 25.6. The van der Waals surface area contributed by atoms with E-state index in [9.17, 15) is 15.3 Å². The Morgan fingerprint density at radius 1 is 0.346 bits per heavy atom. The van der Waals surface area contributed by atoms with Gasteiger partial charge in [0.1, 0.15) is 0 Å². The third kappa shape index (κ3) is 44.3. The van der Waals surface area contributed by atoms with Crippen molar-refractivity contribution in [2.45, 2.75) is 195 Å². The summed E-state index contributed by atoms with van der Waals surface area (Å²) in [5, 5.41) is 34.6. The first-order valence-corrected chi connectivity index (χ1v) is 30.7. The van der Waals surface area contributed by atoms with Crippen molar-refractivity contribution >= 4 is 34.3 Å². The molecule has 0 bridgehead atoms. The molecule has 78 heavy (non-hydrogen) atoms. The van der Waals surface area contributed by atoms with Crippen molar-refractivity contribution in [1.29, 1.82) is 0 Å². The van der Waals surface area contributed by atoms with Gasteiger partial charge >= 0.3 is 0 Å². The van der Waals surface area contributed by atoms with Crippen molar-refractivity contribution in [2.24, 2.45) is 70.9 Å². The van der Waals surface area contributed by atoms with E-state index in [1.165, 1.54) is 0 Å². The molecular weight excluding hydrogens is 979 g/mol. The molecule has 0 spiro atoms. The van der Waals surface area contributed by atoms with Gasteiger partial charge in [0.05, 0.1) is 97.2 Å². The molecule has 3 unspecified atom stereocenters. The van der Waals surface area contributed by atoms with Crippen LogP contribution in [0.15, 0.2) is 30.0 Å². The molecule has 0 aliphatic heterocycles. The topological polar surface area (TPSA) is 172 Å². The fourth-order valence-electron chi connectivity index (χ4n) is 9.83. The zero-order valence-corrected chi connectivity index (χ0v) is 54.1. The van der Waals surface area contributed by atoms with Gasteiger partial charge in [-0.3, -0.25) is 44.7 Å². The average Bonchev–Trinajstić information content (AvgIpc) is 3.29. The van der Waals surface area contributed by atoms with E-state index >= 15 is 0 Å². The van der Waals surface area contributed by atoms with Gasteiger partial charge in [-0.15, -0.1) is 0 Å². The van der Waals surface area contributed by atoms with E-state index in [0.29, 0.717) is 101 Å².